The number of hydrogen-bond donors (Lipinski definition) is 4. The molecule has 6 N–H and O–H groups in total. The summed E-state index contributed by atoms with van der Waals surface area (Å²) in [5.74, 6) is 1.33. The van der Waals surface area contributed by atoms with Crippen molar-refractivity contribution in [1.29, 1.82) is 0 Å². The molecule has 1 aromatic carbocycles. The van der Waals surface area contributed by atoms with Gasteiger partial charge >= 0.3 is 0 Å². The average Bonchev–Trinajstić information content (AvgIpc) is 3.18. The number of nitrogens with one attached hydrogen (secondary N) is 2. The van der Waals surface area contributed by atoms with Crippen LogP contribution in [0.5, 0.6) is 0 Å². The highest BCUT2D eigenvalue weighted by Gasteiger charge is 2.29. The normalized spacial score (nSPS) is 14.9. The number of aryl methyl sites for hydroxylation is 1. The smallest absolute Gasteiger partial charge is 0.196 e. The molecule has 0 aliphatic carbocycles. The Hall–Kier alpha value is -2.49. The summed E-state index contributed by atoms with van der Waals surface area (Å²) < 4.78 is 0. The molecule has 1 aliphatic rings. The molecule has 0 atom stereocenters. The molecule has 5 rings (SSSR count). The molecule has 0 saturated carbocycles. The van der Waals surface area contributed by atoms with E-state index in [1.807, 2.05) is 18.2 Å². The van der Waals surface area contributed by atoms with Crippen molar-refractivity contribution in [2.75, 3.05) is 23.7 Å². The average molecular weight is 415 g/mol. The van der Waals surface area contributed by atoms with E-state index < -0.39 is 0 Å². The first-order chi connectivity index (χ1) is 13.5. The third-order valence-electron chi connectivity index (χ3n) is 4.96. The van der Waals surface area contributed by atoms with Gasteiger partial charge in [0.05, 0.1) is 15.9 Å². The van der Waals surface area contributed by atoms with Crippen molar-refractivity contribution < 1.29 is 0 Å². The standard InChI is InChI=1S/C18H19ClN8S/c1-2-11-14(19)13-16(22-11)23-18(24-17(13)27-6-8(20)7-27)28-9-3-4-10-12(5-9)25-26-15(10)21/h3-5,8H,2,6-7,20H2,1H3,(H3,21,25,26)(H,22,23,24). The van der Waals surface area contributed by atoms with Crippen LogP contribution >= 0.6 is 23.4 Å². The number of nitrogens with zero attached hydrogens (tertiary/aromatic N) is 4. The minimum Gasteiger partial charge on any atom is -0.382 e. The van der Waals surface area contributed by atoms with Gasteiger partial charge in [0.25, 0.3) is 0 Å². The quantitative estimate of drug-likeness (QED) is 0.378. The topological polar surface area (TPSA) is 126 Å². The van der Waals surface area contributed by atoms with Crippen LogP contribution in [0.25, 0.3) is 21.9 Å². The lowest BCUT2D eigenvalue weighted by Gasteiger charge is -2.38. The zero-order chi connectivity index (χ0) is 19.4. The second kappa shape index (κ2) is 6.54. The Kier molecular flexibility index (Phi) is 4.11. The Morgan fingerprint density at radius 2 is 2.14 bits per heavy atom. The predicted octanol–water partition coefficient (Wildman–Crippen LogP) is 2.93. The lowest BCUT2D eigenvalue weighted by Crippen LogP contribution is -2.56. The largest absolute Gasteiger partial charge is 0.382 e. The molecule has 1 saturated heterocycles. The lowest BCUT2D eigenvalue weighted by atomic mass is 10.1. The number of nitrogen functional groups attached to an aromatic ring is 1. The van der Waals surface area contributed by atoms with E-state index in [1.54, 1.807) is 0 Å². The number of halogens is 1. The van der Waals surface area contributed by atoms with Crippen LogP contribution in [0.15, 0.2) is 28.3 Å². The summed E-state index contributed by atoms with van der Waals surface area (Å²) in [5, 5.41) is 10.1. The first-order valence-corrected chi connectivity index (χ1v) is 10.2. The Labute approximate surface area is 170 Å². The van der Waals surface area contributed by atoms with Gasteiger partial charge in [-0.2, -0.15) is 5.10 Å². The Balaban J connectivity index is 1.58. The third kappa shape index (κ3) is 2.78. The van der Waals surface area contributed by atoms with Crippen LogP contribution in [0.3, 0.4) is 0 Å². The summed E-state index contributed by atoms with van der Waals surface area (Å²) >= 11 is 8.09. The van der Waals surface area contributed by atoms with Gasteiger partial charge in [-0.05, 0) is 36.4 Å². The second-order valence-corrected chi connectivity index (χ2v) is 8.33. The Bertz CT molecular complexity index is 1190. The molecule has 4 heterocycles. The van der Waals surface area contributed by atoms with Crippen molar-refractivity contribution in [2.24, 2.45) is 5.73 Å². The molecule has 0 unspecified atom stereocenters. The molecule has 0 radical (unpaired) electrons. The van der Waals surface area contributed by atoms with E-state index in [0.29, 0.717) is 16.0 Å². The van der Waals surface area contributed by atoms with Crippen LogP contribution in [0.4, 0.5) is 11.6 Å². The van der Waals surface area contributed by atoms with Crippen molar-refractivity contribution in [1.82, 2.24) is 25.1 Å². The molecule has 144 valence electrons. The van der Waals surface area contributed by atoms with Crippen molar-refractivity contribution in [3.63, 3.8) is 0 Å². The summed E-state index contributed by atoms with van der Waals surface area (Å²) in [7, 11) is 0. The van der Waals surface area contributed by atoms with Crippen LogP contribution < -0.4 is 16.4 Å². The summed E-state index contributed by atoms with van der Waals surface area (Å²) in [6, 6.07) is 6.10. The monoisotopic (exact) mass is 414 g/mol. The number of H-pyrrole nitrogens is 2. The summed E-state index contributed by atoms with van der Waals surface area (Å²) in [6.45, 7) is 3.58. The molecular formula is C18H19ClN8S. The Morgan fingerprint density at radius 3 is 2.89 bits per heavy atom. The van der Waals surface area contributed by atoms with E-state index in [9.17, 15) is 0 Å². The maximum atomic E-state index is 6.61. The molecular weight excluding hydrogens is 396 g/mol. The van der Waals surface area contributed by atoms with Gasteiger partial charge in [-0.3, -0.25) is 5.10 Å². The minimum absolute atomic E-state index is 0.165. The van der Waals surface area contributed by atoms with E-state index in [0.717, 1.165) is 57.9 Å². The van der Waals surface area contributed by atoms with Crippen molar-refractivity contribution >= 4 is 56.9 Å². The first kappa shape index (κ1) is 17.6. The fourth-order valence-electron chi connectivity index (χ4n) is 3.46. The summed E-state index contributed by atoms with van der Waals surface area (Å²) in [6.07, 6.45) is 0.800. The molecule has 0 spiro atoms. The number of aromatic amines is 2. The number of fused-ring (bicyclic) bond motifs is 2. The van der Waals surface area contributed by atoms with Crippen molar-refractivity contribution in [3.8, 4) is 0 Å². The molecule has 28 heavy (non-hydrogen) atoms. The molecule has 3 aromatic heterocycles. The van der Waals surface area contributed by atoms with Gasteiger partial charge < -0.3 is 21.4 Å². The van der Waals surface area contributed by atoms with Crippen molar-refractivity contribution in [3.05, 3.63) is 28.9 Å². The zero-order valence-corrected chi connectivity index (χ0v) is 16.7. The van der Waals surface area contributed by atoms with Gasteiger partial charge in [-0.25, -0.2) is 9.97 Å². The van der Waals surface area contributed by atoms with E-state index in [4.69, 9.17) is 33.0 Å². The van der Waals surface area contributed by atoms with Crippen molar-refractivity contribution in [2.45, 2.75) is 29.4 Å². The fourth-order valence-corrected chi connectivity index (χ4v) is 4.61. The van der Waals surface area contributed by atoms with E-state index in [1.165, 1.54) is 11.8 Å². The zero-order valence-electron chi connectivity index (χ0n) is 15.2. The second-order valence-electron chi connectivity index (χ2n) is 6.91. The predicted molar refractivity (Wildman–Crippen MR) is 113 cm³/mol. The van der Waals surface area contributed by atoms with Crippen LogP contribution in [-0.4, -0.2) is 44.3 Å². The van der Waals surface area contributed by atoms with E-state index in [2.05, 4.69) is 27.0 Å². The van der Waals surface area contributed by atoms with Gasteiger partial charge in [0.1, 0.15) is 11.5 Å². The van der Waals surface area contributed by atoms with Gasteiger partial charge in [-0.1, -0.05) is 18.5 Å². The highest BCUT2D eigenvalue weighted by molar-refractivity contribution is 7.99. The van der Waals surface area contributed by atoms with E-state index >= 15 is 0 Å². The van der Waals surface area contributed by atoms with Crippen LogP contribution in [0, 0.1) is 0 Å². The number of aromatic nitrogens is 5. The number of benzene rings is 1. The summed E-state index contributed by atoms with van der Waals surface area (Å²) in [4.78, 5) is 16.0. The number of hydrogen-bond acceptors (Lipinski definition) is 7. The molecule has 1 fully saturated rings. The van der Waals surface area contributed by atoms with Gasteiger partial charge in [-0.15, -0.1) is 0 Å². The van der Waals surface area contributed by atoms with Crippen LogP contribution in [0.1, 0.15) is 12.6 Å². The molecule has 1 aliphatic heterocycles. The maximum Gasteiger partial charge on any atom is 0.196 e. The highest BCUT2D eigenvalue weighted by Crippen LogP contribution is 2.38. The fraction of sp³-hybridized carbons (Fsp3) is 0.278. The Morgan fingerprint density at radius 1 is 1.32 bits per heavy atom. The lowest BCUT2D eigenvalue weighted by molar-refractivity contribution is 0.514. The molecule has 10 heteroatoms. The van der Waals surface area contributed by atoms with E-state index in [-0.39, 0.29) is 6.04 Å². The highest BCUT2D eigenvalue weighted by atomic mass is 35.5. The number of nitrogens with two attached hydrogens (primary N) is 2. The summed E-state index contributed by atoms with van der Waals surface area (Å²) in [5.41, 5.74) is 14.4. The van der Waals surface area contributed by atoms with Crippen LogP contribution in [-0.2, 0) is 6.42 Å². The molecule has 0 bridgehead atoms. The number of anilines is 2. The first-order valence-electron chi connectivity index (χ1n) is 9.03. The maximum absolute atomic E-state index is 6.61. The van der Waals surface area contributed by atoms with Gasteiger partial charge in [0, 0.05) is 35.1 Å². The molecule has 4 aromatic rings. The van der Waals surface area contributed by atoms with Gasteiger partial charge in [0.15, 0.2) is 11.0 Å². The minimum atomic E-state index is 0.165. The van der Waals surface area contributed by atoms with Crippen LogP contribution in [0.2, 0.25) is 5.02 Å². The molecule has 8 nitrogen and oxygen atoms in total. The SMILES string of the molecule is CCc1[nH]c2nc(Sc3ccc4c(N)n[nH]c4c3)nc(N3CC(N)C3)c2c1Cl. The molecule has 0 amide bonds. The number of rotatable bonds is 4. The van der Waals surface area contributed by atoms with Gasteiger partial charge in [0.2, 0.25) is 0 Å². The third-order valence-corrected chi connectivity index (χ3v) is 6.23.